The van der Waals surface area contributed by atoms with Crippen LogP contribution in [0, 0.1) is 6.92 Å². The molecule has 1 aliphatic heterocycles. The SMILES string of the molecule is CCN(CC)CCCN1C(=O)C(=O)C(=C(O)c2cnn(-c3ccccc3)c2C)C1c1ccc(OC)cc1. The number of hydrogen-bond acceptors (Lipinski definition) is 6. The molecule has 8 heteroatoms. The van der Waals surface area contributed by atoms with Gasteiger partial charge in [0.1, 0.15) is 11.5 Å². The monoisotopic (exact) mass is 502 g/mol. The van der Waals surface area contributed by atoms with Gasteiger partial charge in [0.25, 0.3) is 11.7 Å². The van der Waals surface area contributed by atoms with Gasteiger partial charge in [-0.25, -0.2) is 4.68 Å². The van der Waals surface area contributed by atoms with Crippen LogP contribution in [0.3, 0.4) is 0 Å². The number of hydrogen-bond donors (Lipinski definition) is 1. The Morgan fingerprint density at radius 3 is 2.35 bits per heavy atom. The molecule has 3 aromatic rings. The maximum Gasteiger partial charge on any atom is 0.295 e. The van der Waals surface area contributed by atoms with Gasteiger partial charge in [0, 0.05) is 6.54 Å². The summed E-state index contributed by atoms with van der Waals surface area (Å²) >= 11 is 0. The second kappa shape index (κ2) is 11.4. The van der Waals surface area contributed by atoms with Crippen molar-refractivity contribution in [3.63, 3.8) is 0 Å². The zero-order valence-electron chi connectivity index (χ0n) is 21.8. The van der Waals surface area contributed by atoms with Gasteiger partial charge in [0.15, 0.2) is 0 Å². The standard InChI is InChI=1S/C29H34N4O4/c1-5-31(6-2)17-10-18-32-26(21-13-15-23(37-4)16-14-21)25(28(35)29(32)36)27(34)24-19-30-33(20(24)3)22-11-8-7-9-12-22/h7-9,11-16,19,26,34H,5-6,10,17-18H2,1-4H3. The van der Waals surface area contributed by atoms with Gasteiger partial charge >= 0.3 is 0 Å². The number of aliphatic hydroxyl groups excluding tert-OH is 1. The second-order valence-electron chi connectivity index (χ2n) is 9.04. The largest absolute Gasteiger partial charge is 0.507 e. The summed E-state index contributed by atoms with van der Waals surface area (Å²) in [5.74, 6) is -0.838. The van der Waals surface area contributed by atoms with Crippen LogP contribution < -0.4 is 4.74 Å². The summed E-state index contributed by atoms with van der Waals surface area (Å²) in [5.41, 5.74) is 2.74. The summed E-state index contributed by atoms with van der Waals surface area (Å²) in [6, 6.07) is 16.1. The number of nitrogens with zero attached hydrogens (tertiary/aromatic N) is 4. The minimum absolute atomic E-state index is 0.0775. The van der Waals surface area contributed by atoms with Crippen molar-refractivity contribution in [2.45, 2.75) is 33.2 Å². The smallest absolute Gasteiger partial charge is 0.295 e. The van der Waals surface area contributed by atoms with E-state index in [1.807, 2.05) is 49.4 Å². The van der Waals surface area contributed by atoms with Gasteiger partial charge in [0.2, 0.25) is 0 Å². The van der Waals surface area contributed by atoms with Gasteiger partial charge in [-0.3, -0.25) is 9.59 Å². The second-order valence-corrected chi connectivity index (χ2v) is 9.04. The van der Waals surface area contributed by atoms with E-state index in [4.69, 9.17) is 4.74 Å². The predicted octanol–water partition coefficient (Wildman–Crippen LogP) is 4.34. The Morgan fingerprint density at radius 1 is 1.05 bits per heavy atom. The molecule has 1 aliphatic rings. The van der Waals surface area contributed by atoms with E-state index in [-0.39, 0.29) is 11.3 Å². The fourth-order valence-electron chi connectivity index (χ4n) is 4.86. The van der Waals surface area contributed by atoms with Gasteiger partial charge in [-0.1, -0.05) is 44.2 Å². The highest BCUT2D eigenvalue weighted by Crippen LogP contribution is 2.40. The first-order chi connectivity index (χ1) is 17.9. The van der Waals surface area contributed by atoms with Crippen molar-refractivity contribution in [1.82, 2.24) is 19.6 Å². The number of Topliss-reactive ketones (excluding diaryl/α,β-unsaturated/α-hetero) is 1. The summed E-state index contributed by atoms with van der Waals surface area (Å²) in [6.45, 7) is 9.09. The molecule has 0 bridgehead atoms. The fraction of sp³-hybridized carbons (Fsp3) is 0.345. The number of amides is 1. The van der Waals surface area contributed by atoms with Crippen LogP contribution in [0.5, 0.6) is 5.75 Å². The molecule has 1 amide bonds. The molecule has 37 heavy (non-hydrogen) atoms. The third-order valence-electron chi connectivity index (χ3n) is 7.00. The summed E-state index contributed by atoms with van der Waals surface area (Å²) in [5, 5.41) is 15.9. The average molecular weight is 503 g/mol. The van der Waals surface area contributed by atoms with E-state index in [0.29, 0.717) is 30.0 Å². The number of aromatic nitrogens is 2. The fourth-order valence-corrected chi connectivity index (χ4v) is 4.86. The lowest BCUT2D eigenvalue weighted by atomic mass is 9.95. The van der Waals surface area contributed by atoms with Gasteiger partial charge in [-0.05, 0) is 62.8 Å². The molecule has 2 heterocycles. The van der Waals surface area contributed by atoms with Gasteiger partial charge < -0.3 is 19.6 Å². The number of para-hydroxylation sites is 1. The van der Waals surface area contributed by atoms with Crippen molar-refractivity contribution in [1.29, 1.82) is 0 Å². The van der Waals surface area contributed by atoms with Crippen molar-refractivity contribution in [2.24, 2.45) is 0 Å². The van der Waals surface area contributed by atoms with Gasteiger partial charge in [-0.2, -0.15) is 5.10 Å². The number of carbonyl (C=O) groups excluding carboxylic acids is 2. The molecule has 0 spiro atoms. The molecule has 2 aromatic carbocycles. The summed E-state index contributed by atoms with van der Waals surface area (Å²) in [4.78, 5) is 30.5. The van der Waals surface area contributed by atoms with Crippen LogP contribution in [-0.4, -0.2) is 69.7 Å². The van der Waals surface area contributed by atoms with Crippen LogP contribution in [0.15, 0.2) is 66.4 Å². The number of carbonyl (C=O) groups is 2. The minimum Gasteiger partial charge on any atom is -0.507 e. The molecule has 4 rings (SSSR count). The van der Waals surface area contributed by atoms with Crippen LogP contribution in [0.25, 0.3) is 11.4 Å². The normalized spacial score (nSPS) is 17.1. The van der Waals surface area contributed by atoms with Gasteiger partial charge in [0.05, 0.1) is 41.9 Å². The summed E-state index contributed by atoms with van der Waals surface area (Å²) in [7, 11) is 1.58. The van der Waals surface area contributed by atoms with Crippen molar-refractivity contribution >= 4 is 17.4 Å². The molecule has 0 aliphatic carbocycles. The van der Waals surface area contributed by atoms with Crippen molar-refractivity contribution in [3.8, 4) is 11.4 Å². The van der Waals surface area contributed by atoms with Crippen molar-refractivity contribution < 1.29 is 19.4 Å². The molecule has 8 nitrogen and oxygen atoms in total. The highest BCUT2D eigenvalue weighted by Gasteiger charge is 2.46. The Morgan fingerprint density at radius 2 is 1.73 bits per heavy atom. The van der Waals surface area contributed by atoms with Crippen LogP contribution in [0.4, 0.5) is 0 Å². The van der Waals surface area contributed by atoms with Crippen LogP contribution in [0.2, 0.25) is 0 Å². The van der Waals surface area contributed by atoms with E-state index in [2.05, 4.69) is 23.8 Å². The van der Waals surface area contributed by atoms with E-state index in [9.17, 15) is 14.7 Å². The molecule has 194 valence electrons. The summed E-state index contributed by atoms with van der Waals surface area (Å²) in [6.07, 6.45) is 2.25. The number of rotatable bonds is 10. The lowest BCUT2D eigenvalue weighted by Crippen LogP contribution is -2.33. The zero-order valence-corrected chi connectivity index (χ0v) is 21.8. The lowest BCUT2D eigenvalue weighted by molar-refractivity contribution is -0.140. The Labute approximate surface area is 217 Å². The summed E-state index contributed by atoms with van der Waals surface area (Å²) < 4.78 is 7.00. The number of ether oxygens (including phenoxy) is 1. The van der Waals surface area contributed by atoms with Gasteiger partial charge in [-0.15, -0.1) is 0 Å². The molecule has 1 unspecified atom stereocenters. The molecular formula is C29H34N4O4. The molecule has 0 radical (unpaired) electrons. The Balaban J connectivity index is 1.76. The molecule has 1 saturated heterocycles. The molecule has 0 saturated carbocycles. The first-order valence-electron chi connectivity index (χ1n) is 12.7. The third kappa shape index (κ3) is 5.15. The maximum atomic E-state index is 13.4. The minimum atomic E-state index is -0.706. The van der Waals surface area contributed by atoms with E-state index in [1.54, 1.807) is 28.8 Å². The van der Waals surface area contributed by atoms with E-state index < -0.39 is 17.7 Å². The van der Waals surface area contributed by atoms with Crippen molar-refractivity contribution in [3.05, 3.63) is 83.2 Å². The molecule has 1 N–H and O–H groups in total. The highest BCUT2D eigenvalue weighted by atomic mass is 16.5. The Bertz CT molecular complexity index is 1280. The molecular weight excluding hydrogens is 468 g/mol. The number of ketones is 1. The Kier molecular flexibility index (Phi) is 8.08. The predicted molar refractivity (Wildman–Crippen MR) is 143 cm³/mol. The molecule has 1 fully saturated rings. The van der Waals surface area contributed by atoms with Crippen molar-refractivity contribution in [2.75, 3.05) is 33.3 Å². The van der Waals surface area contributed by atoms with E-state index in [1.165, 1.54) is 6.20 Å². The maximum absolute atomic E-state index is 13.4. The molecule has 1 aromatic heterocycles. The Hall–Kier alpha value is -3.91. The first kappa shape index (κ1) is 26.2. The van der Waals surface area contributed by atoms with E-state index in [0.717, 1.165) is 30.9 Å². The number of likely N-dealkylation sites (tertiary alicyclic amines) is 1. The molecule has 1 atom stereocenters. The highest BCUT2D eigenvalue weighted by molar-refractivity contribution is 6.46. The van der Waals surface area contributed by atoms with E-state index >= 15 is 0 Å². The lowest BCUT2D eigenvalue weighted by Gasteiger charge is -2.27. The number of aliphatic hydroxyl groups is 1. The zero-order chi connectivity index (χ0) is 26.5. The van der Waals surface area contributed by atoms with Crippen LogP contribution in [-0.2, 0) is 9.59 Å². The van der Waals surface area contributed by atoms with Crippen LogP contribution in [0.1, 0.15) is 43.1 Å². The van der Waals surface area contributed by atoms with Crippen LogP contribution >= 0.6 is 0 Å². The first-order valence-corrected chi connectivity index (χ1v) is 12.7. The quantitative estimate of drug-likeness (QED) is 0.252. The number of methoxy groups -OCH3 is 1. The third-order valence-corrected chi connectivity index (χ3v) is 7.00. The number of benzene rings is 2. The average Bonchev–Trinajstić information content (AvgIpc) is 3.44. The topological polar surface area (TPSA) is 87.9 Å².